The molecule has 0 spiro atoms. The predicted molar refractivity (Wildman–Crippen MR) is 100 cm³/mol. The van der Waals surface area contributed by atoms with Gasteiger partial charge in [-0.3, -0.25) is 9.59 Å². The van der Waals surface area contributed by atoms with Gasteiger partial charge in [-0.25, -0.2) is 9.18 Å². The molecule has 0 atom stereocenters. The first kappa shape index (κ1) is 20.4. The molecule has 0 fully saturated rings. The molecule has 0 heterocycles. The summed E-state index contributed by atoms with van der Waals surface area (Å²) in [6.45, 7) is 1.38. The molecule has 8 heteroatoms. The van der Waals surface area contributed by atoms with Crippen LogP contribution < -0.4 is 10.2 Å². The number of esters is 1. The second kappa shape index (κ2) is 9.14. The molecule has 2 aromatic rings. The van der Waals surface area contributed by atoms with Gasteiger partial charge in [-0.2, -0.15) is 0 Å². The number of benzene rings is 2. The van der Waals surface area contributed by atoms with Crippen LogP contribution in [0.25, 0.3) is 0 Å². The van der Waals surface area contributed by atoms with Crippen LogP contribution in [-0.4, -0.2) is 31.4 Å². The first-order chi connectivity index (χ1) is 12.8. The molecule has 27 heavy (non-hydrogen) atoms. The number of ether oxygens (including phenoxy) is 1. The van der Waals surface area contributed by atoms with Gasteiger partial charge < -0.3 is 15.0 Å². The molecule has 142 valence electrons. The van der Waals surface area contributed by atoms with Crippen LogP contribution in [0.2, 0.25) is 5.02 Å². The zero-order chi connectivity index (χ0) is 20.0. The summed E-state index contributed by atoms with van der Waals surface area (Å²) in [7, 11) is 1.25. The minimum absolute atomic E-state index is 0.0376. The van der Waals surface area contributed by atoms with E-state index in [0.717, 1.165) is 6.07 Å². The first-order valence-electron chi connectivity index (χ1n) is 8.04. The normalized spacial score (nSPS) is 10.2. The number of nitrogens with zero attached hydrogens (tertiary/aromatic N) is 1. The van der Waals surface area contributed by atoms with Crippen molar-refractivity contribution in [1.82, 2.24) is 0 Å². The number of hydrogen-bond donors (Lipinski definition) is 1. The molecule has 0 radical (unpaired) electrons. The van der Waals surface area contributed by atoms with Crippen molar-refractivity contribution in [2.24, 2.45) is 0 Å². The number of nitrogens with one attached hydrogen (secondary N) is 1. The van der Waals surface area contributed by atoms with Crippen molar-refractivity contribution >= 4 is 40.8 Å². The van der Waals surface area contributed by atoms with Gasteiger partial charge in [0.05, 0.1) is 23.4 Å². The number of hydrogen-bond acceptors (Lipinski definition) is 4. The molecule has 0 aliphatic rings. The van der Waals surface area contributed by atoms with Gasteiger partial charge in [-0.15, -0.1) is 0 Å². The summed E-state index contributed by atoms with van der Waals surface area (Å²) in [5.41, 5.74) is 0.922. The smallest absolute Gasteiger partial charge is 0.339 e. The maximum Gasteiger partial charge on any atom is 0.339 e. The molecule has 0 bridgehead atoms. The molecule has 0 saturated heterocycles. The number of methoxy groups -OCH3 is 1. The van der Waals surface area contributed by atoms with Crippen LogP contribution >= 0.6 is 11.6 Å². The van der Waals surface area contributed by atoms with Crippen LogP contribution in [0.15, 0.2) is 42.5 Å². The quantitative estimate of drug-likeness (QED) is 0.761. The lowest BCUT2D eigenvalue weighted by atomic mass is 10.1. The van der Waals surface area contributed by atoms with E-state index in [1.807, 2.05) is 0 Å². The van der Waals surface area contributed by atoms with Crippen LogP contribution in [0, 0.1) is 5.82 Å². The number of amides is 2. The van der Waals surface area contributed by atoms with Gasteiger partial charge in [0.15, 0.2) is 0 Å². The number of anilines is 2. The van der Waals surface area contributed by atoms with Gasteiger partial charge in [0.1, 0.15) is 5.82 Å². The Morgan fingerprint density at radius 1 is 1.19 bits per heavy atom. The summed E-state index contributed by atoms with van der Waals surface area (Å²) >= 11 is 5.68. The van der Waals surface area contributed by atoms with Crippen molar-refractivity contribution in [2.75, 3.05) is 23.9 Å². The lowest BCUT2D eigenvalue weighted by Crippen LogP contribution is -2.33. The van der Waals surface area contributed by atoms with E-state index in [1.165, 1.54) is 37.1 Å². The van der Waals surface area contributed by atoms with E-state index >= 15 is 0 Å². The van der Waals surface area contributed by atoms with Crippen molar-refractivity contribution in [1.29, 1.82) is 0 Å². The van der Waals surface area contributed by atoms with Gasteiger partial charge in [0.25, 0.3) is 0 Å². The van der Waals surface area contributed by atoms with Gasteiger partial charge in [0, 0.05) is 25.6 Å². The predicted octanol–water partition coefficient (Wildman–Crippen LogP) is 3.65. The highest BCUT2D eigenvalue weighted by Crippen LogP contribution is 2.22. The summed E-state index contributed by atoms with van der Waals surface area (Å²) < 4.78 is 17.9. The number of para-hydroxylation sites is 1. The van der Waals surface area contributed by atoms with Crippen molar-refractivity contribution in [3.05, 3.63) is 58.9 Å². The number of carbonyl (C=O) groups excluding carboxylic acids is 3. The number of halogens is 2. The highest BCUT2D eigenvalue weighted by atomic mass is 35.5. The maximum absolute atomic E-state index is 13.2. The fourth-order valence-corrected chi connectivity index (χ4v) is 2.63. The van der Waals surface area contributed by atoms with Crippen molar-refractivity contribution < 1.29 is 23.5 Å². The SMILES string of the molecule is COC(=O)c1ccccc1N(CCC(=O)Nc1ccc(F)c(Cl)c1)C(C)=O. The molecular weight excluding hydrogens is 375 g/mol. The summed E-state index contributed by atoms with van der Waals surface area (Å²) in [5, 5.41) is 2.48. The standard InChI is InChI=1S/C19H18ClFN2O4/c1-12(24)23(17-6-4-3-5-14(17)19(26)27-2)10-9-18(25)22-13-7-8-16(21)15(20)11-13/h3-8,11H,9-10H2,1-2H3,(H,22,25). The second-order valence-electron chi connectivity index (χ2n) is 5.61. The Morgan fingerprint density at radius 2 is 1.89 bits per heavy atom. The Kier molecular flexibility index (Phi) is 6.90. The van der Waals surface area contributed by atoms with E-state index in [0.29, 0.717) is 11.4 Å². The molecule has 6 nitrogen and oxygen atoms in total. The molecule has 1 N–H and O–H groups in total. The third kappa shape index (κ3) is 5.27. The maximum atomic E-state index is 13.2. The molecular formula is C19H18ClFN2O4. The number of carbonyl (C=O) groups is 3. The third-order valence-electron chi connectivity index (χ3n) is 3.75. The van der Waals surface area contributed by atoms with E-state index < -0.39 is 11.8 Å². The average molecular weight is 393 g/mol. The highest BCUT2D eigenvalue weighted by molar-refractivity contribution is 6.31. The largest absolute Gasteiger partial charge is 0.465 e. The Morgan fingerprint density at radius 3 is 2.52 bits per heavy atom. The average Bonchev–Trinajstić information content (AvgIpc) is 2.64. The third-order valence-corrected chi connectivity index (χ3v) is 4.04. The monoisotopic (exact) mass is 392 g/mol. The van der Waals surface area contributed by atoms with E-state index in [9.17, 15) is 18.8 Å². The number of rotatable bonds is 6. The van der Waals surface area contributed by atoms with Gasteiger partial charge in [-0.1, -0.05) is 23.7 Å². The van der Waals surface area contributed by atoms with Gasteiger partial charge in [0.2, 0.25) is 11.8 Å². The second-order valence-corrected chi connectivity index (χ2v) is 6.01. The molecule has 2 aromatic carbocycles. The zero-order valence-corrected chi connectivity index (χ0v) is 15.5. The summed E-state index contributed by atoms with van der Waals surface area (Å²) in [4.78, 5) is 37.4. The first-order valence-corrected chi connectivity index (χ1v) is 8.41. The van der Waals surface area contributed by atoms with Crippen molar-refractivity contribution in [3.8, 4) is 0 Å². The van der Waals surface area contributed by atoms with Crippen LogP contribution in [0.5, 0.6) is 0 Å². The molecule has 2 rings (SSSR count). The summed E-state index contributed by atoms with van der Waals surface area (Å²) in [6.07, 6.45) is -0.0376. The summed E-state index contributed by atoms with van der Waals surface area (Å²) in [5.74, 6) is -1.89. The Hall–Kier alpha value is -2.93. The minimum atomic E-state index is -0.586. The molecule has 0 aromatic heterocycles. The van der Waals surface area contributed by atoms with E-state index in [-0.39, 0.29) is 35.4 Å². The van der Waals surface area contributed by atoms with E-state index in [2.05, 4.69) is 5.32 Å². The van der Waals surface area contributed by atoms with E-state index in [1.54, 1.807) is 18.2 Å². The Labute approximate surface area is 160 Å². The molecule has 0 aliphatic carbocycles. The van der Waals surface area contributed by atoms with E-state index in [4.69, 9.17) is 16.3 Å². The lowest BCUT2D eigenvalue weighted by Gasteiger charge is -2.23. The molecule has 2 amide bonds. The Balaban J connectivity index is 2.11. The van der Waals surface area contributed by atoms with Crippen LogP contribution in [0.3, 0.4) is 0 Å². The lowest BCUT2D eigenvalue weighted by molar-refractivity contribution is -0.117. The summed E-state index contributed by atoms with van der Waals surface area (Å²) in [6, 6.07) is 10.3. The topological polar surface area (TPSA) is 75.7 Å². The van der Waals surface area contributed by atoms with Gasteiger partial charge in [-0.05, 0) is 30.3 Å². The minimum Gasteiger partial charge on any atom is -0.465 e. The zero-order valence-electron chi connectivity index (χ0n) is 14.8. The molecule has 0 unspecified atom stereocenters. The molecule has 0 saturated carbocycles. The fourth-order valence-electron chi connectivity index (χ4n) is 2.45. The van der Waals surface area contributed by atoms with Crippen molar-refractivity contribution in [3.63, 3.8) is 0 Å². The van der Waals surface area contributed by atoms with Crippen LogP contribution in [-0.2, 0) is 14.3 Å². The van der Waals surface area contributed by atoms with Crippen LogP contribution in [0.1, 0.15) is 23.7 Å². The fraction of sp³-hybridized carbons (Fsp3) is 0.211. The molecule has 0 aliphatic heterocycles. The Bertz CT molecular complexity index is 873. The van der Waals surface area contributed by atoms with Gasteiger partial charge >= 0.3 is 5.97 Å². The highest BCUT2D eigenvalue weighted by Gasteiger charge is 2.20. The van der Waals surface area contributed by atoms with Crippen molar-refractivity contribution in [2.45, 2.75) is 13.3 Å². The van der Waals surface area contributed by atoms with Crippen LogP contribution in [0.4, 0.5) is 15.8 Å².